The van der Waals surface area contributed by atoms with Crippen molar-refractivity contribution in [3.05, 3.63) is 48.2 Å². The molecule has 10 nitrogen and oxygen atoms in total. The summed E-state index contributed by atoms with van der Waals surface area (Å²) in [6, 6.07) is 12.1. The van der Waals surface area contributed by atoms with Crippen LogP contribution in [0.25, 0.3) is 10.9 Å². The van der Waals surface area contributed by atoms with E-state index in [0.29, 0.717) is 22.7 Å². The molecule has 0 atom stereocenters. The fourth-order valence-electron chi connectivity index (χ4n) is 7.22. The summed E-state index contributed by atoms with van der Waals surface area (Å²) in [5.41, 5.74) is 2.41. The van der Waals surface area contributed by atoms with Gasteiger partial charge in [0.15, 0.2) is 0 Å². The third-order valence-corrected chi connectivity index (χ3v) is 11.3. The minimum Gasteiger partial charge on any atom is -0.495 e. The molecule has 1 aromatic heterocycles. The number of carbonyl (C=O) groups excluding carboxylic acids is 1. The molecule has 3 heterocycles. The number of hydrogen-bond acceptors (Lipinski definition) is 8. The second-order valence-corrected chi connectivity index (χ2v) is 15.0. The summed E-state index contributed by atoms with van der Waals surface area (Å²) in [7, 11) is -0.679. The Morgan fingerprint density at radius 2 is 1.86 bits per heavy atom. The predicted molar refractivity (Wildman–Crippen MR) is 181 cm³/mol. The SMILES string of the molecule is CCC(=O)NS(=O)(=O)c1ccc(NCC#Cc2cc3c(N(C)C4CCC(N5CC6(COC6)C5)CC4)cccc3n2CC(F)(F)F)c(OC)c1. The molecule has 0 unspecified atom stereocenters. The molecule has 2 aliphatic heterocycles. The van der Waals surface area contributed by atoms with E-state index in [9.17, 15) is 26.4 Å². The van der Waals surface area contributed by atoms with Gasteiger partial charge < -0.3 is 24.3 Å². The third-order valence-electron chi connectivity index (χ3n) is 9.90. The zero-order chi connectivity index (χ0) is 35.0. The number of hydrogen-bond donors (Lipinski definition) is 2. The van der Waals surface area contributed by atoms with Crippen LogP contribution in [0.3, 0.4) is 0 Å². The van der Waals surface area contributed by atoms with Crippen molar-refractivity contribution in [2.45, 2.75) is 68.7 Å². The second kappa shape index (κ2) is 13.8. The van der Waals surface area contributed by atoms with Crippen LogP contribution in [0, 0.1) is 17.3 Å². The van der Waals surface area contributed by atoms with Gasteiger partial charge in [-0.15, -0.1) is 0 Å². The number of aromatic nitrogens is 1. The number of fused-ring (bicyclic) bond motifs is 1. The predicted octanol–water partition coefficient (Wildman–Crippen LogP) is 4.97. The summed E-state index contributed by atoms with van der Waals surface area (Å²) in [6.45, 7) is 4.40. The lowest BCUT2D eigenvalue weighted by atomic mass is 9.75. The molecular formula is C35H42F3N5O5S. The highest BCUT2D eigenvalue weighted by Gasteiger charge is 2.51. The van der Waals surface area contributed by atoms with Crippen LogP contribution in [0.1, 0.15) is 44.7 Å². The van der Waals surface area contributed by atoms with Gasteiger partial charge in [0.25, 0.3) is 10.0 Å². The molecule has 0 bridgehead atoms. The van der Waals surface area contributed by atoms with Crippen molar-refractivity contribution in [1.82, 2.24) is 14.2 Å². The smallest absolute Gasteiger partial charge is 0.406 e. The highest BCUT2D eigenvalue weighted by atomic mass is 32.2. The molecule has 14 heteroatoms. The first-order chi connectivity index (χ1) is 23.3. The quantitative estimate of drug-likeness (QED) is 0.286. The number of nitrogens with one attached hydrogen (secondary N) is 2. The second-order valence-electron chi connectivity index (χ2n) is 13.3. The van der Waals surface area contributed by atoms with Crippen LogP contribution in [0.2, 0.25) is 0 Å². The van der Waals surface area contributed by atoms with Crippen molar-refractivity contribution in [2.24, 2.45) is 5.41 Å². The topological polar surface area (TPSA) is 105 Å². The molecule has 1 spiro atoms. The van der Waals surface area contributed by atoms with Crippen LogP contribution in [0.15, 0.2) is 47.4 Å². The number of anilines is 2. The molecule has 2 aromatic carbocycles. The minimum atomic E-state index is -4.45. The Hall–Kier alpha value is -3.93. The van der Waals surface area contributed by atoms with Gasteiger partial charge in [0.2, 0.25) is 5.91 Å². The van der Waals surface area contributed by atoms with E-state index in [2.05, 4.69) is 27.0 Å². The van der Waals surface area contributed by atoms with Gasteiger partial charge in [-0.1, -0.05) is 18.9 Å². The fourth-order valence-corrected chi connectivity index (χ4v) is 8.29. The summed E-state index contributed by atoms with van der Waals surface area (Å²) in [6.07, 6.45) is -0.218. The first-order valence-corrected chi connectivity index (χ1v) is 18.0. The maximum atomic E-state index is 13.8. The van der Waals surface area contributed by atoms with Gasteiger partial charge in [0.05, 0.1) is 48.7 Å². The monoisotopic (exact) mass is 701 g/mol. The lowest BCUT2D eigenvalue weighted by Crippen LogP contribution is -2.68. The molecule has 3 aromatic rings. The van der Waals surface area contributed by atoms with Gasteiger partial charge in [-0.3, -0.25) is 9.69 Å². The van der Waals surface area contributed by atoms with Crippen molar-refractivity contribution >= 4 is 38.2 Å². The Labute approximate surface area is 285 Å². The number of rotatable bonds is 10. The number of alkyl halides is 3. The first kappa shape index (κ1) is 34.9. The fraction of sp³-hybridized carbons (Fsp3) is 0.514. The van der Waals surface area contributed by atoms with Crippen molar-refractivity contribution in [2.75, 3.05) is 57.2 Å². The van der Waals surface area contributed by atoms with Gasteiger partial charge in [-0.25, -0.2) is 13.1 Å². The zero-order valence-corrected chi connectivity index (χ0v) is 28.7. The number of halogens is 3. The number of sulfonamides is 1. The average Bonchev–Trinajstić information content (AvgIpc) is 3.37. The summed E-state index contributed by atoms with van der Waals surface area (Å²) in [5, 5.41) is 3.76. The van der Waals surface area contributed by atoms with Crippen molar-refractivity contribution in [1.29, 1.82) is 0 Å². The Kier molecular flexibility index (Phi) is 9.81. The van der Waals surface area contributed by atoms with E-state index in [0.717, 1.165) is 63.1 Å². The standard InChI is InChI=1S/C35H42F3N5O5S/c1-4-33(44)40-49(45,46)27-14-15-29(32(18-27)47-3)39-16-6-7-26-17-28-30(8-5-9-31(28)43(26)21-35(36,37)38)41(2)24-10-12-25(13-11-24)42-19-34(20-42)22-48-23-34/h5,8-9,14-15,17-18,24-25,39H,4,10-13,16,19-23H2,1-3H3,(H,40,44). The number of benzene rings is 2. The molecule has 3 fully saturated rings. The van der Waals surface area contributed by atoms with Crippen LogP contribution in [-0.4, -0.2) is 89.1 Å². The van der Waals surface area contributed by atoms with Gasteiger partial charge in [-0.05, 0) is 61.9 Å². The highest BCUT2D eigenvalue weighted by Crippen LogP contribution is 2.42. The molecular weight excluding hydrogens is 659 g/mol. The number of likely N-dealkylation sites (tertiary alicyclic amines) is 1. The van der Waals surface area contributed by atoms with Gasteiger partial charge in [0.1, 0.15) is 12.3 Å². The number of methoxy groups -OCH3 is 1. The van der Waals surface area contributed by atoms with Gasteiger partial charge in [0, 0.05) is 61.2 Å². The molecule has 1 saturated carbocycles. The van der Waals surface area contributed by atoms with Crippen LogP contribution in [-0.2, 0) is 26.1 Å². The van der Waals surface area contributed by atoms with Crippen LogP contribution < -0.4 is 19.7 Å². The minimum absolute atomic E-state index is 0.00587. The molecule has 264 valence electrons. The largest absolute Gasteiger partial charge is 0.495 e. The summed E-state index contributed by atoms with van der Waals surface area (Å²) >= 11 is 0. The Balaban J connectivity index is 1.17. The van der Waals surface area contributed by atoms with E-state index in [1.807, 2.05) is 17.8 Å². The lowest BCUT2D eigenvalue weighted by molar-refractivity contribution is -0.200. The lowest BCUT2D eigenvalue weighted by Gasteiger charge is -2.58. The molecule has 0 radical (unpaired) electrons. The summed E-state index contributed by atoms with van der Waals surface area (Å²) in [5.74, 6) is 5.40. The maximum Gasteiger partial charge on any atom is 0.406 e. The van der Waals surface area contributed by atoms with E-state index in [1.54, 1.807) is 25.1 Å². The van der Waals surface area contributed by atoms with E-state index >= 15 is 0 Å². The molecule has 2 saturated heterocycles. The Morgan fingerprint density at radius 3 is 2.49 bits per heavy atom. The van der Waals surface area contributed by atoms with E-state index in [-0.39, 0.29) is 35.3 Å². The van der Waals surface area contributed by atoms with Crippen molar-refractivity contribution in [3.8, 4) is 17.6 Å². The maximum absolute atomic E-state index is 13.8. The number of amides is 1. The molecule has 1 amide bonds. The highest BCUT2D eigenvalue weighted by molar-refractivity contribution is 7.90. The average molecular weight is 702 g/mol. The zero-order valence-electron chi connectivity index (χ0n) is 27.9. The molecule has 49 heavy (non-hydrogen) atoms. The number of carbonyl (C=O) groups is 1. The normalized spacial score (nSPS) is 20.5. The van der Waals surface area contributed by atoms with Crippen molar-refractivity contribution < 1.29 is 35.9 Å². The van der Waals surface area contributed by atoms with Crippen LogP contribution in [0.5, 0.6) is 5.75 Å². The summed E-state index contributed by atoms with van der Waals surface area (Å²) in [4.78, 5) is 16.3. The van der Waals surface area contributed by atoms with Crippen molar-refractivity contribution in [3.63, 3.8) is 0 Å². The third kappa shape index (κ3) is 7.49. The van der Waals surface area contributed by atoms with Gasteiger partial charge in [-0.2, -0.15) is 13.2 Å². The summed E-state index contributed by atoms with van der Waals surface area (Å²) < 4.78 is 80.4. The van der Waals surface area contributed by atoms with E-state index in [1.165, 1.54) is 29.9 Å². The van der Waals surface area contributed by atoms with E-state index in [4.69, 9.17) is 9.47 Å². The van der Waals surface area contributed by atoms with Gasteiger partial charge >= 0.3 is 6.18 Å². The van der Waals surface area contributed by atoms with Crippen LogP contribution in [0.4, 0.5) is 24.5 Å². The molecule has 3 aliphatic rings. The Morgan fingerprint density at radius 1 is 1.12 bits per heavy atom. The molecule has 2 N–H and O–H groups in total. The Bertz CT molecular complexity index is 1860. The first-order valence-electron chi connectivity index (χ1n) is 16.5. The molecule has 1 aliphatic carbocycles. The number of nitrogens with zero attached hydrogens (tertiary/aromatic N) is 3. The van der Waals surface area contributed by atoms with E-state index < -0.39 is 28.7 Å². The number of ether oxygens (including phenoxy) is 2. The van der Waals surface area contributed by atoms with Crippen LogP contribution >= 0.6 is 0 Å². The molecule has 6 rings (SSSR count).